The number of fused-ring (bicyclic) bond motifs is 4. The fraction of sp³-hybridized carbons (Fsp3) is 0.311. The average Bonchev–Trinajstić information content (AvgIpc) is 4.02. The highest BCUT2D eigenvalue weighted by Crippen LogP contribution is 2.41. The van der Waals surface area contributed by atoms with Crippen molar-refractivity contribution in [1.29, 1.82) is 0 Å². The third-order valence-electron chi connectivity index (χ3n) is 10.7. The number of aromatic nitrogens is 3. The van der Waals surface area contributed by atoms with Crippen LogP contribution in [0.2, 0.25) is 0 Å². The number of esters is 1. The highest BCUT2D eigenvalue weighted by Gasteiger charge is 2.36. The van der Waals surface area contributed by atoms with E-state index < -0.39 is 23.8 Å². The second kappa shape index (κ2) is 19.2. The van der Waals surface area contributed by atoms with E-state index in [0.29, 0.717) is 64.8 Å². The van der Waals surface area contributed by atoms with Crippen molar-refractivity contribution in [3.05, 3.63) is 101 Å². The first-order valence-corrected chi connectivity index (χ1v) is 20.6. The van der Waals surface area contributed by atoms with Gasteiger partial charge in [0.15, 0.2) is 11.5 Å². The highest BCUT2D eigenvalue weighted by molar-refractivity contribution is 6.15. The van der Waals surface area contributed by atoms with Crippen molar-refractivity contribution in [2.24, 2.45) is 31.9 Å². The standard InChI is InChI=1S/C45H50N10O9/c1-26(46)45(61)64-15-9-13-47-41(57)35-18-29(24-52(35)2)50-43(59)37-19-30(25-54(37)4)51-42(58)36-17-28(23-53(36)3)49-40(56)12-8-14-63-39-21-33-32(20-38(39)62-5)44(60)55-31(22-48-33)16-27-10-6-7-11-34(27)55/h6-7,10-11,17-26,31H,8-9,12-16,46H2,1-5H3,(H,47,57)(H,49,56)(H,50,59)(H,51,58)/t26-,31?/m0/s1. The van der Waals surface area contributed by atoms with E-state index in [1.807, 2.05) is 24.3 Å². The Kier molecular flexibility index (Phi) is 13.3. The molecule has 2 aliphatic heterocycles. The Labute approximate surface area is 368 Å². The van der Waals surface area contributed by atoms with Gasteiger partial charge in [-0.25, -0.2) is 0 Å². The first kappa shape index (κ1) is 44.4. The van der Waals surface area contributed by atoms with Crippen LogP contribution in [0.25, 0.3) is 0 Å². The van der Waals surface area contributed by atoms with Gasteiger partial charge >= 0.3 is 5.97 Å². The molecular formula is C45H50N10O9. The molecule has 0 aliphatic carbocycles. The molecule has 19 heteroatoms. The maximum atomic E-state index is 13.7. The molecule has 7 rings (SSSR count). The molecule has 5 amide bonds. The zero-order chi connectivity index (χ0) is 45.7. The van der Waals surface area contributed by atoms with Gasteiger partial charge < -0.3 is 54.9 Å². The van der Waals surface area contributed by atoms with Gasteiger partial charge in [-0.1, -0.05) is 18.2 Å². The number of aliphatic imine (C=N–C) groups is 1. The molecule has 0 radical (unpaired) electrons. The summed E-state index contributed by atoms with van der Waals surface area (Å²) in [6.45, 7) is 2.09. The van der Waals surface area contributed by atoms with Crippen LogP contribution in [0.3, 0.4) is 0 Å². The molecule has 0 bridgehead atoms. The summed E-state index contributed by atoms with van der Waals surface area (Å²) in [5, 5.41) is 11.2. The molecule has 5 aromatic rings. The van der Waals surface area contributed by atoms with E-state index in [0.717, 1.165) is 11.3 Å². The normalized spacial score (nSPS) is 14.1. The Morgan fingerprint density at radius 3 is 2.03 bits per heavy atom. The third-order valence-corrected chi connectivity index (χ3v) is 10.7. The number of hydrogen-bond donors (Lipinski definition) is 5. The summed E-state index contributed by atoms with van der Waals surface area (Å²) in [5.41, 5.74) is 10.3. The smallest absolute Gasteiger partial charge is 0.322 e. The number of para-hydroxylation sites is 1. The average molecular weight is 875 g/mol. The van der Waals surface area contributed by atoms with Gasteiger partial charge in [-0.15, -0.1) is 0 Å². The minimum atomic E-state index is -0.722. The lowest BCUT2D eigenvalue weighted by molar-refractivity contribution is -0.144. The number of carbonyl (C=O) groups excluding carboxylic acids is 6. The number of nitrogens with zero attached hydrogens (tertiary/aromatic N) is 5. The molecule has 3 aromatic heterocycles. The molecule has 64 heavy (non-hydrogen) atoms. The van der Waals surface area contributed by atoms with Crippen LogP contribution in [-0.4, -0.2) is 94.4 Å². The van der Waals surface area contributed by atoms with Crippen molar-refractivity contribution >= 4 is 70.2 Å². The number of benzene rings is 2. The zero-order valence-electron chi connectivity index (χ0n) is 36.1. The predicted octanol–water partition coefficient (Wildman–Crippen LogP) is 4.31. The number of hydrogen-bond acceptors (Lipinski definition) is 11. The Hall–Kier alpha value is -7.67. The summed E-state index contributed by atoms with van der Waals surface area (Å²) in [6, 6.07) is 14.8. The van der Waals surface area contributed by atoms with Gasteiger partial charge in [0, 0.05) is 77.1 Å². The number of methoxy groups -OCH3 is 1. The minimum Gasteiger partial charge on any atom is -0.493 e. The van der Waals surface area contributed by atoms with Crippen LogP contribution in [0.5, 0.6) is 11.5 Å². The summed E-state index contributed by atoms with van der Waals surface area (Å²) < 4.78 is 21.3. The van der Waals surface area contributed by atoms with Crippen LogP contribution < -0.4 is 41.4 Å². The number of aryl methyl sites for hydroxylation is 3. The van der Waals surface area contributed by atoms with Crippen LogP contribution in [-0.2, 0) is 41.9 Å². The first-order chi connectivity index (χ1) is 30.7. The molecule has 0 fully saturated rings. The molecule has 2 atom stereocenters. The fourth-order valence-electron chi connectivity index (χ4n) is 7.46. The Morgan fingerprint density at radius 1 is 0.797 bits per heavy atom. The molecule has 0 saturated carbocycles. The highest BCUT2D eigenvalue weighted by atomic mass is 16.5. The van der Waals surface area contributed by atoms with E-state index in [-0.39, 0.29) is 61.3 Å². The van der Waals surface area contributed by atoms with Gasteiger partial charge in [-0.2, -0.15) is 0 Å². The van der Waals surface area contributed by atoms with Gasteiger partial charge in [0.25, 0.3) is 23.6 Å². The lowest BCUT2D eigenvalue weighted by atomic mass is 10.1. The van der Waals surface area contributed by atoms with E-state index in [9.17, 15) is 28.8 Å². The summed E-state index contributed by atoms with van der Waals surface area (Å²) in [4.78, 5) is 83.8. The Morgan fingerprint density at radius 2 is 1.41 bits per heavy atom. The van der Waals surface area contributed by atoms with Crippen molar-refractivity contribution in [1.82, 2.24) is 19.0 Å². The lowest BCUT2D eigenvalue weighted by Crippen LogP contribution is -2.37. The molecule has 2 aliphatic rings. The Bertz CT molecular complexity index is 2660. The number of ether oxygens (including phenoxy) is 3. The van der Waals surface area contributed by atoms with E-state index in [2.05, 4.69) is 26.3 Å². The quantitative estimate of drug-likeness (QED) is 0.0656. The van der Waals surface area contributed by atoms with E-state index in [4.69, 9.17) is 19.9 Å². The summed E-state index contributed by atoms with van der Waals surface area (Å²) in [6.07, 6.45) is 8.16. The molecular weight excluding hydrogens is 825 g/mol. The molecule has 1 unspecified atom stereocenters. The number of carbonyl (C=O) groups is 6. The van der Waals surface area contributed by atoms with Gasteiger partial charge in [0.2, 0.25) is 5.91 Å². The van der Waals surface area contributed by atoms with Gasteiger partial charge in [-0.3, -0.25) is 38.7 Å². The van der Waals surface area contributed by atoms with Crippen molar-refractivity contribution < 1.29 is 43.0 Å². The van der Waals surface area contributed by atoms with E-state index in [1.54, 1.807) is 82.7 Å². The molecule has 5 heterocycles. The molecule has 6 N–H and O–H groups in total. The van der Waals surface area contributed by atoms with Gasteiger partial charge in [-0.05, 0) is 55.7 Å². The van der Waals surface area contributed by atoms with Gasteiger partial charge in [0.05, 0.1) is 54.7 Å². The molecule has 334 valence electrons. The van der Waals surface area contributed by atoms with Crippen LogP contribution >= 0.6 is 0 Å². The monoisotopic (exact) mass is 874 g/mol. The van der Waals surface area contributed by atoms with Gasteiger partial charge in [0.1, 0.15) is 23.1 Å². The summed E-state index contributed by atoms with van der Waals surface area (Å²) in [5.74, 6) is -1.50. The number of nitrogens with two attached hydrogens (primary N) is 1. The lowest BCUT2D eigenvalue weighted by Gasteiger charge is -2.22. The van der Waals surface area contributed by atoms with Crippen molar-refractivity contribution in [3.8, 4) is 11.5 Å². The largest absolute Gasteiger partial charge is 0.493 e. The number of nitrogens with one attached hydrogen (secondary N) is 4. The van der Waals surface area contributed by atoms with Crippen molar-refractivity contribution in [3.63, 3.8) is 0 Å². The third kappa shape index (κ3) is 9.84. The predicted molar refractivity (Wildman–Crippen MR) is 239 cm³/mol. The van der Waals surface area contributed by atoms with Crippen LogP contribution in [0.1, 0.15) is 73.6 Å². The van der Waals surface area contributed by atoms with Crippen LogP contribution in [0.4, 0.5) is 28.4 Å². The van der Waals surface area contributed by atoms with Crippen LogP contribution in [0, 0.1) is 0 Å². The minimum absolute atomic E-state index is 0.117. The maximum absolute atomic E-state index is 13.7. The number of rotatable bonds is 17. The van der Waals surface area contributed by atoms with Crippen LogP contribution in [0.15, 0.2) is 78.2 Å². The number of amides is 5. The fourth-order valence-corrected chi connectivity index (χ4v) is 7.46. The number of anilines is 4. The van der Waals surface area contributed by atoms with Crippen molar-refractivity contribution in [2.75, 3.05) is 47.7 Å². The summed E-state index contributed by atoms with van der Waals surface area (Å²) in [7, 11) is 6.49. The Balaban J connectivity index is 0.874. The van der Waals surface area contributed by atoms with E-state index in [1.165, 1.54) is 26.2 Å². The molecule has 2 aromatic carbocycles. The zero-order valence-corrected chi connectivity index (χ0v) is 36.1. The molecule has 19 nitrogen and oxygen atoms in total. The molecule has 0 saturated heterocycles. The first-order valence-electron chi connectivity index (χ1n) is 20.6. The van der Waals surface area contributed by atoms with E-state index >= 15 is 0 Å². The van der Waals surface area contributed by atoms with Crippen molar-refractivity contribution in [2.45, 2.75) is 44.7 Å². The maximum Gasteiger partial charge on any atom is 0.322 e. The SMILES string of the molecule is COc1cc2c(cc1OCCCC(=O)Nc1cc(C(=O)Nc3cc(C(=O)Nc4cc(C(=O)NCCCOC(=O)[C@H](C)N)n(C)c4)n(C)c3)n(C)c1)N=CC1Cc3ccccc3N1C2=O. The second-order valence-electron chi connectivity index (χ2n) is 15.5. The molecule has 0 spiro atoms. The second-order valence-corrected chi connectivity index (χ2v) is 15.5. The topological polar surface area (TPSA) is 235 Å². The summed E-state index contributed by atoms with van der Waals surface area (Å²) >= 11 is 0.